The molecule has 9 heteroatoms. The fourth-order valence-electron chi connectivity index (χ4n) is 2.75. The number of nitrogens with zero attached hydrogens (tertiary/aromatic N) is 1. The highest BCUT2D eigenvalue weighted by atomic mass is 35.5. The van der Waals surface area contributed by atoms with Gasteiger partial charge in [-0.2, -0.15) is 0 Å². The predicted molar refractivity (Wildman–Crippen MR) is 103 cm³/mol. The van der Waals surface area contributed by atoms with E-state index in [1.165, 1.54) is 24.3 Å². The van der Waals surface area contributed by atoms with Gasteiger partial charge < -0.3 is 16.0 Å². The lowest BCUT2D eigenvalue weighted by Gasteiger charge is -2.21. The lowest BCUT2D eigenvalue weighted by atomic mass is 9.97. The van der Waals surface area contributed by atoms with Crippen molar-refractivity contribution >= 4 is 46.4 Å². The summed E-state index contributed by atoms with van der Waals surface area (Å²) in [4.78, 5) is 27.6. The Balaban J connectivity index is 0.00000243. The molecule has 3 rings (SSSR count). The maximum absolute atomic E-state index is 14.3. The molecule has 2 aromatic rings. The molecule has 0 bridgehead atoms. The normalized spacial score (nSPS) is 14.4. The second-order valence-corrected chi connectivity index (χ2v) is 6.79. The Hall–Kier alpha value is -2.03. The van der Waals surface area contributed by atoms with Crippen molar-refractivity contribution in [3.05, 3.63) is 29.4 Å². The third-order valence-electron chi connectivity index (χ3n) is 4.01. The standard InChI is InChI=1S/C17H19FN4O2S.ClH/c1-10(23)20-12-2-3-13(14(18)8-12)15-9-25-17(21-15)22-16(24)11-4-6-19-7-5-11;/h2-3,8-9,11,19H,4-7H2,1H3,(H,20,23)(H,21,22,24);1H. The highest BCUT2D eigenvalue weighted by Crippen LogP contribution is 2.29. The molecule has 2 amide bonds. The van der Waals surface area contributed by atoms with Crippen LogP contribution in [0.3, 0.4) is 0 Å². The Kier molecular flexibility index (Phi) is 7.07. The molecule has 3 N–H and O–H groups in total. The van der Waals surface area contributed by atoms with Crippen LogP contribution in [0.5, 0.6) is 0 Å². The van der Waals surface area contributed by atoms with E-state index in [-0.39, 0.29) is 30.1 Å². The molecule has 1 aliphatic rings. The number of anilines is 2. The van der Waals surface area contributed by atoms with Crippen LogP contribution in [0.25, 0.3) is 11.3 Å². The van der Waals surface area contributed by atoms with Crippen LogP contribution in [0.2, 0.25) is 0 Å². The van der Waals surface area contributed by atoms with Gasteiger partial charge in [0.2, 0.25) is 11.8 Å². The minimum Gasteiger partial charge on any atom is -0.326 e. The lowest BCUT2D eigenvalue weighted by molar-refractivity contribution is -0.120. The van der Waals surface area contributed by atoms with Gasteiger partial charge in [-0.25, -0.2) is 9.37 Å². The first-order valence-electron chi connectivity index (χ1n) is 8.07. The second-order valence-electron chi connectivity index (χ2n) is 5.93. The Morgan fingerprint density at radius 3 is 2.65 bits per heavy atom. The van der Waals surface area contributed by atoms with Crippen molar-refractivity contribution in [3.63, 3.8) is 0 Å². The van der Waals surface area contributed by atoms with Gasteiger partial charge in [0.05, 0.1) is 5.69 Å². The van der Waals surface area contributed by atoms with E-state index in [9.17, 15) is 14.0 Å². The van der Waals surface area contributed by atoms with Crippen molar-refractivity contribution in [1.29, 1.82) is 0 Å². The molecular formula is C17H20ClFN4O2S. The van der Waals surface area contributed by atoms with E-state index in [1.807, 2.05) is 0 Å². The van der Waals surface area contributed by atoms with Gasteiger partial charge in [0, 0.05) is 29.5 Å². The molecule has 1 aromatic carbocycles. The Morgan fingerprint density at radius 1 is 1.27 bits per heavy atom. The number of halogens is 2. The number of piperidine rings is 1. The van der Waals surface area contributed by atoms with Gasteiger partial charge in [0.15, 0.2) is 5.13 Å². The van der Waals surface area contributed by atoms with E-state index in [4.69, 9.17) is 0 Å². The first-order chi connectivity index (χ1) is 12.0. The number of hydrogen-bond donors (Lipinski definition) is 3. The molecule has 0 unspecified atom stereocenters. The van der Waals surface area contributed by atoms with Crippen molar-refractivity contribution in [1.82, 2.24) is 10.3 Å². The van der Waals surface area contributed by atoms with Gasteiger partial charge in [-0.05, 0) is 44.1 Å². The fourth-order valence-corrected chi connectivity index (χ4v) is 3.46. The number of benzene rings is 1. The molecular weight excluding hydrogens is 379 g/mol. The summed E-state index contributed by atoms with van der Waals surface area (Å²) in [6, 6.07) is 4.43. The fraction of sp³-hybridized carbons (Fsp3) is 0.353. The monoisotopic (exact) mass is 398 g/mol. The average Bonchev–Trinajstić information content (AvgIpc) is 3.03. The van der Waals surface area contributed by atoms with Crippen LogP contribution in [0.1, 0.15) is 19.8 Å². The summed E-state index contributed by atoms with van der Waals surface area (Å²) in [6.45, 7) is 3.05. The van der Waals surface area contributed by atoms with E-state index in [0.717, 1.165) is 25.9 Å². The molecule has 1 aliphatic heterocycles. The number of hydrogen-bond acceptors (Lipinski definition) is 5. The van der Waals surface area contributed by atoms with Crippen LogP contribution in [0, 0.1) is 11.7 Å². The zero-order valence-electron chi connectivity index (χ0n) is 14.2. The minimum atomic E-state index is -0.479. The van der Waals surface area contributed by atoms with Gasteiger partial charge in [-0.15, -0.1) is 23.7 Å². The molecule has 26 heavy (non-hydrogen) atoms. The summed E-state index contributed by atoms with van der Waals surface area (Å²) >= 11 is 1.27. The molecule has 0 radical (unpaired) electrons. The summed E-state index contributed by atoms with van der Waals surface area (Å²) in [5, 5.41) is 10.7. The van der Waals surface area contributed by atoms with Crippen LogP contribution < -0.4 is 16.0 Å². The smallest absolute Gasteiger partial charge is 0.229 e. The average molecular weight is 399 g/mol. The number of aromatic nitrogens is 1. The Morgan fingerprint density at radius 2 is 2.00 bits per heavy atom. The van der Waals surface area contributed by atoms with E-state index in [2.05, 4.69) is 20.9 Å². The number of carbonyl (C=O) groups excluding carboxylic acids is 2. The largest absolute Gasteiger partial charge is 0.326 e. The van der Waals surface area contributed by atoms with Gasteiger partial charge in [-0.3, -0.25) is 9.59 Å². The maximum Gasteiger partial charge on any atom is 0.229 e. The third-order valence-corrected chi connectivity index (χ3v) is 4.77. The van der Waals surface area contributed by atoms with Crippen LogP contribution in [-0.4, -0.2) is 29.9 Å². The van der Waals surface area contributed by atoms with Gasteiger partial charge in [0.1, 0.15) is 5.82 Å². The summed E-state index contributed by atoms with van der Waals surface area (Å²) in [7, 11) is 0. The summed E-state index contributed by atoms with van der Waals surface area (Å²) in [5.41, 5.74) is 1.17. The first kappa shape index (κ1) is 20.3. The van der Waals surface area contributed by atoms with E-state index in [0.29, 0.717) is 22.1 Å². The molecule has 0 atom stereocenters. The van der Waals surface area contributed by atoms with Gasteiger partial charge in [-0.1, -0.05) is 0 Å². The van der Waals surface area contributed by atoms with Crippen molar-refractivity contribution in [2.24, 2.45) is 5.92 Å². The zero-order valence-corrected chi connectivity index (χ0v) is 15.8. The van der Waals surface area contributed by atoms with Gasteiger partial charge >= 0.3 is 0 Å². The molecule has 0 saturated carbocycles. The quantitative estimate of drug-likeness (QED) is 0.738. The maximum atomic E-state index is 14.3. The Labute approximate surface area is 161 Å². The van der Waals surface area contributed by atoms with E-state index < -0.39 is 5.82 Å². The van der Waals surface area contributed by atoms with Crippen LogP contribution in [-0.2, 0) is 9.59 Å². The van der Waals surface area contributed by atoms with E-state index >= 15 is 0 Å². The van der Waals surface area contributed by atoms with E-state index in [1.54, 1.807) is 17.5 Å². The minimum absolute atomic E-state index is 0. The third kappa shape index (κ3) is 5.00. The summed E-state index contributed by atoms with van der Waals surface area (Å²) in [5.74, 6) is -0.789. The SMILES string of the molecule is CC(=O)Nc1ccc(-c2csc(NC(=O)C3CCNCC3)n2)c(F)c1.Cl. The number of rotatable bonds is 4. The number of amides is 2. The Bertz CT molecular complexity index is 793. The molecule has 0 spiro atoms. The second kappa shape index (κ2) is 9.07. The van der Waals surface area contributed by atoms with Crippen LogP contribution in [0.4, 0.5) is 15.2 Å². The van der Waals surface area contributed by atoms with Crippen molar-refractivity contribution < 1.29 is 14.0 Å². The predicted octanol–water partition coefficient (Wildman–Crippen LogP) is 3.27. The lowest BCUT2D eigenvalue weighted by Crippen LogP contribution is -2.34. The molecule has 140 valence electrons. The number of thiazole rings is 1. The number of nitrogens with one attached hydrogen (secondary N) is 3. The molecule has 2 heterocycles. The highest BCUT2D eigenvalue weighted by Gasteiger charge is 2.22. The molecule has 1 aromatic heterocycles. The highest BCUT2D eigenvalue weighted by molar-refractivity contribution is 7.14. The van der Waals surface area contributed by atoms with Crippen molar-refractivity contribution in [2.75, 3.05) is 23.7 Å². The number of carbonyl (C=O) groups is 2. The zero-order chi connectivity index (χ0) is 17.8. The van der Waals surface area contributed by atoms with Crippen molar-refractivity contribution in [2.45, 2.75) is 19.8 Å². The summed E-state index contributed by atoms with van der Waals surface area (Å²) < 4.78 is 14.3. The molecule has 6 nitrogen and oxygen atoms in total. The first-order valence-corrected chi connectivity index (χ1v) is 8.95. The molecule has 1 fully saturated rings. The van der Waals surface area contributed by atoms with Crippen molar-refractivity contribution in [3.8, 4) is 11.3 Å². The topological polar surface area (TPSA) is 83.1 Å². The van der Waals surface area contributed by atoms with Crippen LogP contribution in [0.15, 0.2) is 23.6 Å². The van der Waals surface area contributed by atoms with Crippen LogP contribution >= 0.6 is 23.7 Å². The molecule has 0 aliphatic carbocycles. The summed E-state index contributed by atoms with van der Waals surface area (Å²) in [6.07, 6.45) is 1.62. The molecule has 1 saturated heterocycles. The van der Waals surface area contributed by atoms with Gasteiger partial charge in [0.25, 0.3) is 0 Å².